The van der Waals surface area contributed by atoms with Crippen molar-refractivity contribution in [2.24, 2.45) is 0 Å². The maximum absolute atomic E-state index is 3.77. The van der Waals surface area contributed by atoms with Gasteiger partial charge in [-0.25, -0.2) is 0 Å². The molecule has 0 aromatic heterocycles. The lowest BCUT2D eigenvalue weighted by Crippen LogP contribution is -2.30. The van der Waals surface area contributed by atoms with Gasteiger partial charge in [0.25, 0.3) is 0 Å². The highest BCUT2D eigenvalue weighted by Gasteiger charge is 2.27. The van der Waals surface area contributed by atoms with Crippen molar-refractivity contribution in [3.63, 3.8) is 0 Å². The summed E-state index contributed by atoms with van der Waals surface area (Å²) in [6.45, 7) is 7.81. The summed E-state index contributed by atoms with van der Waals surface area (Å²) in [6, 6.07) is 7.40. The Morgan fingerprint density at radius 2 is 2.22 bits per heavy atom. The summed E-state index contributed by atoms with van der Waals surface area (Å²) in [5.41, 5.74) is 4.33. The highest BCUT2D eigenvalue weighted by Crippen LogP contribution is 2.37. The van der Waals surface area contributed by atoms with Crippen molar-refractivity contribution in [2.75, 3.05) is 12.3 Å². The average Bonchev–Trinajstić information content (AvgIpc) is 2.88. The van der Waals surface area contributed by atoms with E-state index >= 15 is 0 Å². The second-order valence-corrected chi connectivity index (χ2v) is 6.69. The lowest BCUT2D eigenvalue weighted by molar-refractivity contribution is 0.501. The Hall–Kier alpha value is -0.470. The third-order valence-corrected chi connectivity index (χ3v) is 5.18. The van der Waals surface area contributed by atoms with Crippen molar-refractivity contribution in [2.45, 2.75) is 51.3 Å². The molecule has 0 radical (unpaired) electrons. The fourth-order valence-corrected chi connectivity index (χ4v) is 4.11. The van der Waals surface area contributed by atoms with Gasteiger partial charge in [-0.3, -0.25) is 0 Å². The van der Waals surface area contributed by atoms with E-state index in [-0.39, 0.29) is 0 Å². The van der Waals surface area contributed by atoms with Crippen LogP contribution in [0.25, 0.3) is 0 Å². The summed E-state index contributed by atoms with van der Waals surface area (Å²) in [4.78, 5) is 0. The van der Waals surface area contributed by atoms with Crippen LogP contribution in [0.3, 0.4) is 0 Å². The minimum Gasteiger partial charge on any atom is -0.309 e. The number of thioether (sulfide) groups is 1. The molecule has 0 saturated carbocycles. The molecule has 0 amide bonds. The SMILES string of the molecule is CCCNC(c1cc(C)ccc1C)C1CCCS1. The molecule has 2 atom stereocenters. The van der Waals surface area contributed by atoms with E-state index in [9.17, 15) is 0 Å². The minimum absolute atomic E-state index is 0.539. The molecule has 0 aliphatic carbocycles. The first-order valence-corrected chi connectivity index (χ1v) is 8.19. The number of hydrogen-bond acceptors (Lipinski definition) is 2. The van der Waals surface area contributed by atoms with Crippen molar-refractivity contribution in [1.29, 1.82) is 0 Å². The molecule has 2 rings (SSSR count). The van der Waals surface area contributed by atoms with Gasteiger partial charge in [0.1, 0.15) is 0 Å². The number of benzene rings is 1. The van der Waals surface area contributed by atoms with Gasteiger partial charge in [0.2, 0.25) is 0 Å². The van der Waals surface area contributed by atoms with Gasteiger partial charge >= 0.3 is 0 Å². The van der Waals surface area contributed by atoms with E-state index in [4.69, 9.17) is 0 Å². The maximum atomic E-state index is 3.77. The van der Waals surface area contributed by atoms with Gasteiger partial charge in [-0.1, -0.05) is 30.7 Å². The molecule has 1 aromatic rings. The summed E-state index contributed by atoms with van der Waals surface area (Å²) in [6.07, 6.45) is 3.95. The lowest BCUT2D eigenvalue weighted by Gasteiger charge is -2.26. The number of aryl methyl sites for hydroxylation is 2. The highest BCUT2D eigenvalue weighted by atomic mass is 32.2. The first-order chi connectivity index (χ1) is 8.72. The summed E-state index contributed by atoms with van der Waals surface area (Å²) >= 11 is 2.15. The Kier molecular flexibility index (Phi) is 5.13. The van der Waals surface area contributed by atoms with Crippen molar-refractivity contribution in [3.8, 4) is 0 Å². The fraction of sp³-hybridized carbons (Fsp3) is 0.625. The van der Waals surface area contributed by atoms with Gasteiger partial charge in [-0.15, -0.1) is 0 Å². The first kappa shape index (κ1) is 14.0. The second-order valence-electron chi connectivity index (χ2n) is 5.34. The third kappa shape index (κ3) is 3.30. The number of nitrogens with one attached hydrogen (secondary N) is 1. The Morgan fingerprint density at radius 3 is 2.89 bits per heavy atom. The minimum atomic E-state index is 0.539. The molecule has 1 aromatic carbocycles. The molecular weight excluding hydrogens is 238 g/mol. The Bertz CT molecular complexity index is 383. The van der Waals surface area contributed by atoms with Crippen LogP contribution in [0.5, 0.6) is 0 Å². The van der Waals surface area contributed by atoms with Crippen LogP contribution in [0.15, 0.2) is 18.2 Å². The zero-order chi connectivity index (χ0) is 13.0. The van der Waals surface area contributed by atoms with Gasteiger partial charge < -0.3 is 5.32 Å². The second kappa shape index (κ2) is 6.63. The van der Waals surface area contributed by atoms with Crippen LogP contribution >= 0.6 is 11.8 Å². The van der Waals surface area contributed by atoms with Gasteiger partial charge in [0, 0.05) is 11.3 Å². The van der Waals surface area contributed by atoms with E-state index in [0.717, 1.165) is 11.8 Å². The van der Waals surface area contributed by atoms with Crippen LogP contribution in [0.2, 0.25) is 0 Å². The lowest BCUT2D eigenvalue weighted by atomic mass is 9.95. The van der Waals surface area contributed by atoms with E-state index in [1.54, 1.807) is 0 Å². The number of rotatable bonds is 5. The summed E-state index contributed by atoms with van der Waals surface area (Å²) in [5.74, 6) is 1.33. The maximum Gasteiger partial charge on any atom is 0.0443 e. The molecule has 2 unspecified atom stereocenters. The summed E-state index contributed by atoms with van der Waals surface area (Å²) < 4.78 is 0. The van der Waals surface area contributed by atoms with Gasteiger partial charge in [-0.2, -0.15) is 11.8 Å². The Balaban J connectivity index is 2.23. The molecule has 0 bridgehead atoms. The monoisotopic (exact) mass is 263 g/mol. The fourth-order valence-electron chi connectivity index (χ4n) is 2.70. The van der Waals surface area contributed by atoms with Crippen LogP contribution < -0.4 is 5.32 Å². The largest absolute Gasteiger partial charge is 0.309 e. The first-order valence-electron chi connectivity index (χ1n) is 7.14. The van der Waals surface area contributed by atoms with E-state index in [0.29, 0.717) is 6.04 Å². The van der Waals surface area contributed by atoms with Gasteiger partial charge in [0.15, 0.2) is 0 Å². The molecule has 0 spiro atoms. The van der Waals surface area contributed by atoms with Crippen molar-refractivity contribution in [1.82, 2.24) is 5.32 Å². The molecule has 1 N–H and O–H groups in total. The molecule has 18 heavy (non-hydrogen) atoms. The van der Waals surface area contributed by atoms with Gasteiger partial charge in [0.05, 0.1) is 0 Å². The molecule has 1 saturated heterocycles. The zero-order valence-corrected chi connectivity index (χ0v) is 12.6. The topological polar surface area (TPSA) is 12.0 Å². The Morgan fingerprint density at radius 1 is 1.39 bits per heavy atom. The van der Waals surface area contributed by atoms with Crippen molar-refractivity contribution >= 4 is 11.8 Å². The van der Waals surface area contributed by atoms with Crippen LogP contribution in [0, 0.1) is 13.8 Å². The highest BCUT2D eigenvalue weighted by molar-refractivity contribution is 8.00. The molecule has 100 valence electrons. The third-order valence-electron chi connectivity index (χ3n) is 3.72. The van der Waals surface area contributed by atoms with Crippen molar-refractivity contribution < 1.29 is 0 Å². The van der Waals surface area contributed by atoms with Gasteiger partial charge in [-0.05, 0) is 56.5 Å². The predicted molar refractivity (Wildman–Crippen MR) is 82.4 cm³/mol. The van der Waals surface area contributed by atoms with Crippen LogP contribution in [0.1, 0.15) is 48.9 Å². The average molecular weight is 263 g/mol. The van der Waals surface area contributed by atoms with E-state index in [1.165, 1.54) is 41.7 Å². The van der Waals surface area contributed by atoms with Crippen LogP contribution in [0.4, 0.5) is 0 Å². The quantitative estimate of drug-likeness (QED) is 0.853. The predicted octanol–water partition coefficient (Wildman–Crippen LogP) is 4.24. The van der Waals surface area contributed by atoms with E-state index in [1.807, 2.05) is 0 Å². The van der Waals surface area contributed by atoms with Crippen molar-refractivity contribution in [3.05, 3.63) is 34.9 Å². The molecular formula is C16H25NS. The standard InChI is InChI=1S/C16H25NS/c1-4-9-17-16(15-6-5-10-18-15)14-11-12(2)7-8-13(14)3/h7-8,11,15-17H,4-6,9-10H2,1-3H3. The molecule has 2 heteroatoms. The summed E-state index contributed by atoms with van der Waals surface area (Å²) in [7, 11) is 0. The Labute approximate surface area is 116 Å². The van der Waals surface area contributed by atoms with E-state index in [2.05, 4.69) is 56.0 Å². The smallest absolute Gasteiger partial charge is 0.0443 e. The molecule has 1 nitrogen and oxygen atoms in total. The molecule has 1 aliphatic heterocycles. The normalized spacial score (nSPS) is 21.2. The van der Waals surface area contributed by atoms with Crippen LogP contribution in [-0.4, -0.2) is 17.5 Å². The molecule has 1 aliphatic rings. The van der Waals surface area contributed by atoms with E-state index < -0.39 is 0 Å². The summed E-state index contributed by atoms with van der Waals surface area (Å²) in [5, 5.41) is 4.54. The van der Waals surface area contributed by atoms with Crippen LogP contribution in [-0.2, 0) is 0 Å². The number of hydrogen-bond donors (Lipinski definition) is 1. The molecule has 1 heterocycles. The zero-order valence-electron chi connectivity index (χ0n) is 11.8. The molecule has 1 fully saturated rings.